The highest BCUT2D eigenvalue weighted by Crippen LogP contribution is 2.31. The number of benzene rings is 1. The van der Waals surface area contributed by atoms with E-state index in [1.807, 2.05) is 25.1 Å². The third-order valence-electron chi connectivity index (χ3n) is 3.18. The molecule has 1 atom stereocenters. The summed E-state index contributed by atoms with van der Waals surface area (Å²) in [5, 5.41) is 11.6. The van der Waals surface area contributed by atoms with Crippen molar-refractivity contribution in [2.75, 3.05) is 13.7 Å². The molecule has 0 aliphatic carbocycles. The summed E-state index contributed by atoms with van der Waals surface area (Å²) in [6.45, 7) is 7.03. The predicted molar refractivity (Wildman–Crippen MR) is 77.7 cm³/mol. The Morgan fingerprint density at radius 2 is 2.10 bits per heavy atom. The minimum Gasteiger partial charge on any atom is -0.496 e. The molecule has 1 aromatic heterocycles. The fourth-order valence-corrected chi connectivity index (χ4v) is 2.13. The monoisotopic (exact) mass is 275 g/mol. The molecule has 0 saturated carbocycles. The Balaban J connectivity index is 2.35. The second-order valence-electron chi connectivity index (χ2n) is 4.67. The van der Waals surface area contributed by atoms with Crippen molar-refractivity contribution in [3.8, 4) is 17.2 Å². The highest BCUT2D eigenvalue weighted by Gasteiger charge is 2.18. The SMILES string of the molecule is CCNC(CC)c1nnc(-c2cc(C)ccc2OC)o1. The molecule has 5 heteroatoms. The number of nitrogens with one attached hydrogen (secondary N) is 1. The van der Waals surface area contributed by atoms with E-state index in [4.69, 9.17) is 9.15 Å². The van der Waals surface area contributed by atoms with Crippen molar-refractivity contribution in [1.29, 1.82) is 0 Å². The molecule has 0 bridgehead atoms. The van der Waals surface area contributed by atoms with E-state index in [1.165, 1.54) is 0 Å². The molecule has 108 valence electrons. The summed E-state index contributed by atoms with van der Waals surface area (Å²) in [4.78, 5) is 0. The lowest BCUT2D eigenvalue weighted by Gasteiger charge is -2.10. The number of hydrogen-bond donors (Lipinski definition) is 1. The zero-order valence-corrected chi connectivity index (χ0v) is 12.4. The Morgan fingerprint density at radius 1 is 1.30 bits per heavy atom. The summed E-state index contributed by atoms with van der Waals surface area (Å²) in [5.74, 6) is 1.85. The van der Waals surface area contributed by atoms with Crippen LogP contribution in [-0.2, 0) is 0 Å². The molecule has 0 fully saturated rings. The van der Waals surface area contributed by atoms with Crippen LogP contribution in [0.3, 0.4) is 0 Å². The van der Waals surface area contributed by atoms with Gasteiger partial charge in [-0.25, -0.2) is 0 Å². The van der Waals surface area contributed by atoms with Crippen LogP contribution in [0, 0.1) is 6.92 Å². The topological polar surface area (TPSA) is 60.2 Å². The van der Waals surface area contributed by atoms with Gasteiger partial charge in [-0.3, -0.25) is 0 Å². The fourth-order valence-electron chi connectivity index (χ4n) is 2.13. The van der Waals surface area contributed by atoms with E-state index < -0.39 is 0 Å². The molecule has 2 rings (SSSR count). The maximum atomic E-state index is 5.81. The summed E-state index contributed by atoms with van der Waals surface area (Å²) in [5.41, 5.74) is 1.96. The van der Waals surface area contributed by atoms with Crippen molar-refractivity contribution in [2.24, 2.45) is 0 Å². The number of nitrogens with zero attached hydrogens (tertiary/aromatic N) is 2. The van der Waals surface area contributed by atoms with Gasteiger partial charge < -0.3 is 14.5 Å². The number of hydrogen-bond acceptors (Lipinski definition) is 5. The van der Waals surface area contributed by atoms with E-state index in [9.17, 15) is 0 Å². The summed E-state index contributed by atoms with van der Waals surface area (Å²) in [7, 11) is 1.64. The van der Waals surface area contributed by atoms with E-state index >= 15 is 0 Å². The third-order valence-corrected chi connectivity index (χ3v) is 3.18. The molecule has 1 aromatic carbocycles. The van der Waals surface area contributed by atoms with Gasteiger partial charge >= 0.3 is 0 Å². The first-order valence-electron chi connectivity index (χ1n) is 6.91. The Kier molecular flexibility index (Phi) is 4.74. The number of aryl methyl sites for hydroxylation is 1. The quantitative estimate of drug-likeness (QED) is 0.877. The molecule has 1 N–H and O–H groups in total. The van der Waals surface area contributed by atoms with Gasteiger partial charge in [-0.2, -0.15) is 0 Å². The Labute approximate surface area is 119 Å². The summed E-state index contributed by atoms with van der Waals surface area (Å²) in [6, 6.07) is 5.99. The molecule has 0 aliphatic rings. The van der Waals surface area contributed by atoms with Crippen molar-refractivity contribution in [1.82, 2.24) is 15.5 Å². The van der Waals surface area contributed by atoms with E-state index in [2.05, 4.69) is 29.4 Å². The van der Waals surface area contributed by atoms with Crippen LogP contribution in [0.5, 0.6) is 5.75 Å². The molecule has 0 radical (unpaired) electrons. The van der Waals surface area contributed by atoms with Gasteiger partial charge in [0.25, 0.3) is 5.89 Å². The van der Waals surface area contributed by atoms with Gasteiger partial charge in [-0.1, -0.05) is 25.5 Å². The first-order valence-corrected chi connectivity index (χ1v) is 6.91. The van der Waals surface area contributed by atoms with Gasteiger partial charge in [0.1, 0.15) is 5.75 Å². The van der Waals surface area contributed by atoms with E-state index in [-0.39, 0.29) is 6.04 Å². The Bertz CT molecular complexity index is 566. The van der Waals surface area contributed by atoms with Crippen molar-refractivity contribution >= 4 is 0 Å². The lowest BCUT2D eigenvalue weighted by Crippen LogP contribution is -2.20. The molecule has 2 aromatic rings. The van der Waals surface area contributed by atoms with Crippen LogP contribution in [0.25, 0.3) is 11.5 Å². The van der Waals surface area contributed by atoms with Crippen LogP contribution >= 0.6 is 0 Å². The molecule has 0 spiro atoms. The Hall–Kier alpha value is -1.88. The molecular formula is C15H21N3O2. The normalized spacial score (nSPS) is 12.4. The standard InChI is InChI=1S/C15H21N3O2/c1-5-12(16-6-2)15-18-17-14(20-15)11-9-10(3)7-8-13(11)19-4/h7-9,12,16H,5-6H2,1-4H3. The zero-order valence-electron chi connectivity index (χ0n) is 12.4. The lowest BCUT2D eigenvalue weighted by molar-refractivity contribution is 0.396. The average Bonchev–Trinajstić information content (AvgIpc) is 2.94. The molecule has 0 amide bonds. The second kappa shape index (κ2) is 6.52. The van der Waals surface area contributed by atoms with Crippen molar-refractivity contribution in [3.05, 3.63) is 29.7 Å². The van der Waals surface area contributed by atoms with Crippen molar-refractivity contribution in [2.45, 2.75) is 33.2 Å². The average molecular weight is 275 g/mol. The highest BCUT2D eigenvalue weighted by atomic mass is 16.5. The van der Waals surface area contributed by atoms with Crippen LogP contribution in [0.15, 0.2) is 22.6 Å². The molecule has 1 unspecified atom stereocenters. The van der Waals surface area contributed by atoms with Crippen LogP contribution in [0.2, 0.25) is 0 Å². The van der Waals surface area contributed by atoms with Crippen LogP contribution in [0.4, 0.5) is 0 Å². The highest BCUT2D eigenvalue weighted by molar-refractivity contribution is 5.63. The molecule has 0 aliphatic heterocycles. The number of ether oxygens (including phenoxy) is 1. The number of aromatic nitrogens is 2. The van der Waals surface area contributed by atoms with Crippen molar-refractivity contribution < 1.29 is 9.15 Å². The summed E-state index contributed by atoms with van der Waals surface area (Å²) in [6.07, 6.45) is 0.903. The number of rotatable bonds is 6. The van der Waals surface area contributed by atoms with Crippen LogP contribution < -0.4 is 10.1 Å². The summed E-state index contributed by atoms with van der Waals surface area (Å²) >= 11 is 0. The van der Waals surface area contributed by atoms with E-state index in [0.29, 0.717) is 11.8 Å². The predicted octanol–water partition coefficient (Wildman–Crippen LogP) is 3.11. The molecule has 0 saturated heterocycles. The van der Waals surface area contributed by atoms with Crippen LogP contribution in [0.1, 0.15) is 37.8 Å². The van der Waals surface area contributed by atoms with Gasteiger partial charge in [0.05, 0.1) is 18.7 Å². The van der Waals surface area contributed by atoms with E-state index in [0.717, 1.165) is 29.8 Å². The largest absolute Gasteiger partial charge is 0.496 e. The van der Waals surface area contributed by atoms with Gasteiger partial charge in [-0.15, -0.1) is 10.2 Å². The van der Waals surface area contributed by atoms with Gasteiger partial charge in [-0.05, 0) is 32.0 Å². The van der Waals surface area contributed by atoms with Gasteiger partial charge in [0.15, 0.2) is 0 Å². The maximum Gasteiger partial charge on any atom is 0.251 e. The fraction of sp³-hybridized carbons (Fsp3) is 0.467. The molecule has 5 nitrogen and oxygen atoms in total. The van der Waals surface area contributed by atoms with Crippen molar-refractivity contribution in [3.63, 3.8) is 0 Å². The van der Waals surface area contributed by atoms with Gasteiger partial charge in [0.2, 0.25) is 5.89 Å². The molecule has 1 heterocycles. The maximum absolute atomic E-state index is 5.81. The Morgan fingerprint density at radius 3 is 2.75 bits per heavy atom. The third kappa shape index (κ3) is 2.99. The lowest BCUT2D eigenvalue weighted by atomic mass is 10.1. The summed E-state index contributed by atoms with van der Waals surface area (Å²) < 4.78 is 11.2. The minimum atomic E-state index is 0.0945. The minimum absolute atomic E-state index is 0.0945. The van der Waals surface area contributed by atoms with E-state index in [1.54, 1.807) is 7.11 Å². The van der Waals surface area contributed by atoms with Gasteiger partial charge in [0, 0.05) is 0 Å². The zero-order chi connectivity index (χ0) is 14.5. The first kappa shape index (κ1) is 14.5. The first-order chi connectivity index (χ1) is 9.69. The number of methoxy groups -OCH3 is 1. The smallest absolute Gasteiger partial charge is 0.251 e. The molecular weight excluding hydrogens is 254 g/mol. The molecule has 20 heavy (non-hydrogen) atoms. The second-order valence-corrected chi connectivity index (χ2v) is 4.67. The van der Waals surface area contributed by atoms with Crippen LogP contribution in [-0.4, -0.2) is 23.9 Å².